The third kappa shape index (κ3) is 2.09. The number of sulfone groups is 1. The summed E-state index contributed by atoms with van der Waals surface area (Å²) in [4.78, 5) is 8.88. The first-order chi connectivity index (χ1) is 11.0. The van der Waals surface area contributed by atoms with Gasteiger partial charge in [0.1, 0.15) is 12.1 Å². The number of nitrogens with zero attached hydrogens (tertiary/aromatic N) is 4. The van der Waals surface area contributed by atoms with E-state index >= 15 is 0 Å². The molecule has 1 aliphatic rings. The van der Waals surface area contributed by atoms with Gasteiger partial charge >= 0.3 is 0 Å². The lowest BCUT2D eigenvalue weighted by atomic mass is 10.1. The fourth-order valence-electron chi connectivity index (χ4n) is 2.94. The SMILES string of the molecule is Cc1nc2ncnn2c(NC2CS(=O)(=O)c3ccccc32)c1C. The largest absolute Gasteiger partial charge is 0.362 e. The summed E-state index contributed by atoms with van der Waals surface area (Å²) >= 11 is 0. The molecular weight excluding hydrogens is 314 g/mol. The highest BCUT2D eigenvalue weighted by molar-refractivity contribution is 7.91. The molecule has 23 heavy (non-hydrogen) atoms. The fourth-order valence-corrected chi connectivity index (χ4v) is 4.67. The van der Waals surface area contributed by atoms with Crippen LogP contribution in [-0.4, -0.2) is 33.8 Å². The van der Waals surface area contributed by atoms with Gasteiger partial charge in [0.25, 0.3) is 5.78 Å². The number of hydrogen-bond donors (Lipinski definition) is 1. The van der Waals surface area contributed by atoms with Crippen LogP contribution in [0.2, 0.25) is 0 Å². The van der Waals surface area contributed by atoms with Gasteiger partial charge in [-0.2, -0.15) is 14.6 Å². The Kier molecular flexibility index (Phi) is 2.92. The van der Waals surface area contributed by atoms with Gasteiger partial charge in [-0.1, -0.05) is 18.2 Å². The summed E-state index contributed by atoms with van der Waals surface area (Å²) in [6.45, 7) is 3.83. The molecule has 118 valence electrons. The van der Waals surface area contributed by atoms with E-state index < -0.39 is 9.84 Å². The van der Waals surface area contributed by atoms with Crippen molar-refractivity contribution in [3.8, 4) is 0 Å². The van der Waals surface area contributed by atoms with Crippen LogP contribution in [0.25, 0.3) is 5.78 Å². The van der Waals surface area contributed by atoms with Crippen LogP contribution in [0.5, 0.6) is 0 Å². The van der Waals surface area contributed by atoms with Crippen LogP contribution in [0.1, 0.15) is 22.9 Å². The van der Waals surface area contributed by atoms with Crippen molar-refractivity contribution in [2.24, 2.45) is 0 Å². The first-order valence-electron chi connectivity index (χ1n) is 7.22. The Labute approximate surface area is 133 Å². The smallest absolute Gasteiger partial charge is 0.254 e. The van der Waals surface area contributed by atoms with E-state index in [-0.39, 0.29) is 11.8 Å². The third-order valence-electron chi connectivity index (χ3n) is 4.23. The molecule has 1 aliphatic heterocycles. The van der Waals surface area contributed by atoms with Gasteiger partial charge < -0.3 is 5.32 Å². The molecule has 1 N–H and O–H groups in total. The lowest BCUT2D eigenvalue weighted by Crippen LogP contribution is -2.17. The lowest BCUT2D eigenvalue weighted by Gasteiger charge is -2.17. The van der Waals surface area contributed by atoms with Crippen LogP contribution in [0.4, 0.5) is 5.82 Å². The number of benzene rings is 1. The summed E-state index contributed by atoms with van der Waals surface area (Å²) < 4.78 is 26.3. The molecule has 1 aromatic carbocycles. The second-order valence-corrected chi connectivity index (χ2v) is 7.66. The van der Waals surface area contributed by atoms with Crippen molar-refractivity contribution in [2.75, 3.05) is 11.1 Å². The minimum atomic E-state index is -3.26. The van der Waals surface area contributed by atoms with Gasteiger partial charge in [-0.15, -0.1) is 0 Å². The van der Waals surface area contributed by atoms with Crippen molar-refractivity contribution < 1.29 is 8.42 Å². The average Bonchev–Trinajstić information content (AvgIpc) is 3.07. The van der Waals surface area contributed by atoms with Crippen molar-refractivity contribution in [3.05, 3.63) is 47.4 Å². The number of aryl methyl sites for hydroxylation is 1. The topological polar surface area (TPSA) is 89.2 Å². The Hall–Kier alpha value is -2.48. The molecule has 4 rings (SSSR count). The second-order valence-electron chi connectivity index (χ2n) is 5.66. The molecule has 7 nitrogen and oxygen atoms in total. The zero-order valence-corrected chi connectivity index (χ0v) is 13.5. The predicted molar refractivity (Wildman–Crippen MR) is 85.1 cm³/mol. The standard InChI is InChI=1S/C15H15N5O2S/c1-9-10(2)18-15-16-8-17-20(15)14(9)19-12-7-23(21,22)13-6-4-3-5-11(12)13/h3-6,8,12,19H,7H2,1-2H3. The van der Waals surface area contributed by atoms with Gasteiger partial charge in [0.05, 0.1) is 16.7 Å². The highest BCUT2D eigenvalue weighted by Crippen LogP contribution is 2.36. The van der Waals surface area contributed by atoms with Gasteiger partial charge in [-0.3, -0.25) is 0 Å². The Morgan fingerprint density at radius 3 is 2.87 bits per heavy atom. The van der Waals surface area contributed by atoms with Crippen molar-refractivity contribution in [1.29, 1.82) is 0 Å². The van der Waals surface area contributed by atoms with Gasteiger partial charge in [-0.05, 0) is 25.5 Å². The van der Waals surface area contributed by atoms with E-state index in [1.807, 2.05) is 26.0 Å². The fraction of sp³-hybridized carbons (Fsp3) is 0.267. The van der Waals surface area contributed by atoms with E-state index in [0.717, 1.165) is 22.6 Å². The van der Waals surface area contributed by atoms with Crippen LogP contribution in [0.3, 0.4) is 0 Å². The molecule has 1 atom stereocenters. The van der Waals surface area contributed by atoms with Crippen LogP contribution in [-0.2, 0) is 9.84 Å². The minimum Gasteiger partial charge on any atom is -0.362 e. The summed E-state index contributed by atoms with van der Waals surface area (Å²) in [5, 5.41) is 7.52. The minimum absolute atomic E-state index is 0.0311. The molecule has 0 bridgehead atoms. The summed E-state index contributed by atoms with van der Waals surface area (Å²) in [6, 6.07) is 6.78. The number of rotatable bonds is 2. The van der Waals surface area contributed by atoms with Gasteiger partial charge in [0.15, 0.2) is 9.84 Å². The maximum absolute atomic E-state index is 12.3. The lowest BCUT2D eigenvalue weighted by molar-refractivity contribution is 0.598. The zero-order chi connectivity index (χ0) is 16.2. The highest BCUT2D eigenvalue weighted by atomic mass is 32.2. The summed E-state index contributed by atoms with van der Waals surface area (Å²) in [6.07, 6.45) is 1.44. The molecule has 2 aromatic heterocycles. The molecule has 0 saturated carbocycles. The first-order valence-corrected chi connectivity index (χ1v) is 8.88. The van der Waals surface area contributed by atoms with E-state index in [1.54, 1.807) is 16.6 Å². The van der Waals surface area contributed by atoms with E-state index in [2.05, 4.69) is 20.4 Å². The molecule has 8 heteroatoms. The molecule has 0 aliphatic carbocycles. The van der Waals surface area contributed by atoms with Crippen molar-refractivity contribution >= 4 is 21.4 Å². The second kappa shape index (κ2) is 4.76. The van der Waals surface area contributed by atoms with E-state index in [9.17, 15) is 8.42 Å². The Morgan fingerprint density at radius 2 is 2.04 bits per heavy atom. The van der Waals surface area contributed by atoms with Crippen LogP contribution in [0.15, 0.2) is 35.5 Å². The molecule has 3 aromatic rings. The maximum Gasteiger partial charge on any atom is 0.254 e. The van der Waals surface area contributed by atoms with E-state index in [4.69, 9.17) is 0 Å². The molecule has 0 saturated heterocycles. The van der Waals surface area contributed by atoms with E-state index in [1.165, 1.54) is 6.33 Å². The van der Waals surface area contributed by atoms with Crippen molar-refractivity contribution in [2.45, 2.75) is 24.8 Å². The number of anilines is 1. The molecule has 0 radical (unpaired) electrons. The first kappa shape index (κ1) is 14.1. The quantitative estimate of drug-likeness (QED) is 0.769. The van der Waals surface area contributed by atoms with E-state index in [0.29, 0.717) is 10.7 Å². The molecule has 3 heterocycles. The van der Waals surface area contributed by atoms with Crippen molar-refractivity contribution in [1.82, 2.24) is 19.6 Å². The van der Waals surface area contributed by atoms with Gasteiger partial charge in [-0.25, -0.2) is 13.4 Å². The Morgan fingerprint density at radius 1 is 1.26 bits per heavy atom. The van der Waals surface area contributed by atoms with Gasteiger partial charge in [0, 0.05) is 11.3 Å². The maximum atomic E-state index is 12.3. The number of fused-ring (bicyclic) bond motifs is 2. The zero-order valence-electron chi connectivity index (χ0n) is 12.7. The highest BCUT2D eigenvalue weighted by Gasteiger charge is 2.35. The molecule has 0 fully saturated rings. The molecule has 0 amide bonds. The Balaban J connectivity index is 1.84. The summed E-state index contributed by atoms with van der Waals surface area (Å²) in [7, 11) is -3.26. The molecule has 0 spiro atoms. The summed E-state index contributed by atoms with van der Waals surface area (Å²) in [5.74, 6) is 1.25. The number of hydrogen-bond acceptors (Lipinski definition) is 6. The third-order valence-corrected chi connectivity index (χ3v) is 6.05. The normalized spacial score (nSPS) is 19.0. The van der Waals surface area contributed by atoms with Crippen LogP contribution in [0, 0.1) is 13.8 Å². The Bertz CT molecular complexity index is 1030. The number of aromatic nitrogens is 4. The summed E-state index contributed by atoms with van der Waals surface area (Å²) in [5.41, 5.74) is 2.54. The van der Waals surface area contributed by atoms with Crippen LogP contribution >= 0.6 is 0 Å². The molecule has 1 unspecified atom stereocenters. The van der Waals surface area contributed by atoms with Crippen LogP contribution < -0.4 is 5.32 Å². The monoisotopic (exact) mass is 329 g/mol. The average molecular weight is 329 g/mol. The van der Waals surface area contributed by atoms with Gasteiger partial charge in [0.2, 0.25) is 0 Å². The number of nitrogens with one attached hydrogen (secondary N) is 1. The molecular formula is C15H15N5O2S. The predicted octanol–water partition coefficient (Wildman–Crippen LogP) is 1.68. The van der Waals surface area contributed by atoms with Crippen molar-refractivity contribution in [3.63, 3.8) is 0 Å².